The molecule has 0 aromatic carbocycles. The van der Waals surface area contributed by atoms with Crippen LogP contribution in [0.5, 0.6) is 0 Å². The van der Waals surface area contributed by atoms with Crippen LogP contribution in [0.3, 0.4) is 0 Å². The minimum absolute atomic E-state index is 0.0202. The summed E-state index contributed by atoms with van der Waals surface area (Å²) < 4.78 is 3.79. The number of carbonyl (C=O) groups excluding carboxylic acids is 1. The summed E-state index contributed by atoms with van der Waals surface area (Å²) in [6.07, 6.45) is 3.26. The molecular formula is C13H19N7O. The van der Waals surface area contributed by atoms with Crippen LogP contribution in [0.1, 0.15) is 25.5 Å². The van der Waals surface area contributed by atoms with Crippen molar-refractivity contribution in [3.05, 3.63) is 24.2 Å². The maximum atomic E-state index is 12.8. The van der Waals surface area contributed by atoms with Crippen molar-refractivity contribution in [1.29, 1.82) is 0 Å². The first kappa shape index (κ1) is 13.6. The van der Waals surface area contributed by atoms with Crippen LogP contribution >= 0.6 is 0 Å². The van der Waals surface area contributed by atoms with Gasteiger partial charge in [0.2, 0.25) is 5.91 Å². The maximum Gasteiger partial charge on any atom is 0.248 e. The molecule has 8 nitrogen and oxygen atoms in total. The number of amides is 1. The van der Waals surface area contributed by atoms with Crippen LogP contribution in [0.25, 0.3) is 0 Å². The van der Waals surface area contributed by atoms with Crippen molar-refractivity contribution in [3.63, 3.8) is 0 Å². The Morgan fingerprint density at radius 2 is 2.10 bits per heavy atom. The summed E-state index contributed by atoms with van der Waals surface area (Å²) in [6, 6.07) is 0. The SMILES string of the molecule is Cc1nnc2n1CCN(C(=O)C(C)(C)n1cnc(N)c1)C2. The normalized spacial score (nSPS) is 15.1. The van der Waals surface area contributed by atoms with E-state index in [2.05, 4.69) is 15.2 Å². The van der Waals surface area contributed by atoms with E-state index in [-0.39, 0.29) is 5.91 Å². The maximum absolute atomic E-state index is 12.8. The van der Waals surface area contributed by atoms with Crippen LogP contribution in [0.15, 0.2) is 12.5 Å². The van der Waals surface area contributed by atoms with Gasteiger partial charge in [-0.2, -0.15) is 0 Å². The molecule has 1 amide bonds. The van der Waals surface area contributed by atoms with Gasteiger partial charge >= 0.3 is 0 Å². The number of imidazole rings is 1. The first-order chi connectivity index (χ1) is 9.89. The second-order valence-electron chi connectivity index (χ2n) is 5.81. The third-order valence-corrected chi connectivity index (χ3v) is 4.00. The zero-order valence-electron chi connectivity index (χ0n) is 12.4. The molecule has 0 saturated carbocycles. The van der Waals surface area contributed by atoms with Gasteiger partial charge in [0.15, 0.2) is 5.82 Å². The van der Waals surface area contributed by atoms with Crippen LogP contribution in [0.4, 0.5) is 5.82 Å². The number of anilines is 1. The third-order valence-electron chi connectivity index (χ3n) is 4.00. The highest BCUT2D eigenvalue weighted by atomic mass is 16.2. The Morgan fingerprint density at radius 3 is 2.76 bits per heavy atom. The van der Waals surface area contributed by atoms with E-state index in [0.29, 0.717) is 18.9 Å². The van der Waals surface area contributed by atoms with E-state index in [1.165, 1.54) is 0 Å². The summed E-state index contributed by atoms with van der Waals surface area (Å²) in [6.45, 7) is 7.50. The van der Waals surface area contributed by atoms with Gasteiger partial charge in [0, 0.05) is 19.3 Å². The number of nitrogens with zero attached hydrogens (tertiary/aromatic N) is 6. The standard InChI is InChI=1S/C13H19N7O/c1-9-16-17-11-7-18(4-5-20(9)11)12(21)13(2,3)19-6-10(14)15-8-19/h6,8H,4-5,7,14H2,1-3H3. The van der Waals surface area contributed by atoms with E-state index in [1.54, 1.807) is 22.0 Å². The molecule has 1 aliphatic heterocycles. The average molecular weight is 289 g/mol. The van der Waals surface area contributed by atoms with E-state index < -0.39 is 5.54 Å². The van der Waals surface area contributed by atoms with Crippen LogP contribution in [0, 0.1) is 6.92 Å². The predicted octanol–water partition coefficient (Wildman–Crippen LogP) is 0.143. The molecule has 0 atom stereocenters. The van der Waals surface area contributed by atoms with Gasteiger partial charge in [-0.3, -0.25) is 4.79 Å². The average Bonchev–Trinajstić information content (AvgIpc) is 3.05. The molecule has 2 aromatic rings. The van der Waals surface area contributed by atoms with E-state index in [9.17, 15) is 4.79 Å². The van der Waals surface area contributed by atoms with Crippen LogP contribution in [-0.2, 0) is 23.4 Å². The number of hydrogen-bond acceptors (Lipinski definition) is 5. The molecule has 0 fully saturated rings. The lowest BCUT2D eigenvalue weighted by Crippen LogP contribution is -2.49. The summed E-state index contributed by atoms with van der Waals surface area (Å²) in [4.78, 5) is 18.6. The van der Waals surface area contributed by atoms with E-state index in [1.807, 2.05) is 25.3 Å². The summed E-state index contributed by atoms with van der Waals surface area (Å²) in [7, 11) is 0. The second kappa shape index (κ2) is 4.57. The summed E-state index contributed by atoms with van der Waals surface area (Å²) in [5, 5.41) is 8.19. The van der Waals surface area contributed by atoms with Crippen LogP contribution in [-0.4, -0.2) is 41.7 Å². The van der Waals surface area contributed by atoms with Crippen LogP contribution in [0.2, 0.25) is 0 Å². The van der Waals surface area contributed by atoms with Gasteiger partial charge in [-0.05, 0) is 20.8 Å². The van der Waals surface area contributed by atoms with Crippen molar-refractivity contribution < 1.29 is 4.79 Å². The Morgan fingerprint density at radius 1 is 1.33 bits per heavy atom. The van der Waals surface area contributed by atoms with Crippen molar-refractivity contribution >= 4 is 11.7 Å². The smallest absolute Gasteiger partial charge is 0.248 e. The van der Waals surface area contributed by atoms with Crippen LogP contribution < -0.4 is 5.73 Å². The minimum Gasteiger partial charge on any atom is -0.382 e. The van der Waals surface area contributed by atoms with Crippen molar-refractivity contribution in [2.45, 2.75) is 39.4 Å². The number of hydrogen-bond donors (Lipinski definition) is 1. The van der Waals surface area contributed by atoms with Gasteiger partial charge in [0.25, 0.3) is 0 Å². The van der Waals surface area contributed by atoms with Gasteiger partial charge in [-0.1, -0.05) is 0 Å². The largest absolute Gasteiger partial charge is 0.382 e. The summed E-state index contributed by atoms with van der Waals surface area (Å²) in [5.74, 6) is 2.14. The number of aromatic nitrogens is 5. The molecule has 0 saturated heterocycles. The number of carbonyl (C=O) groups is 1. The van der Waals surface area contributed by atoms with E-state index >= 15 is 0 Å². The lowest BCUT2D eigenvalue weighted by atomic mass is 10.0. The number of nitrogens with two attached hydrogens (primary N) is 1. The first-order valence-corrected chi connectivity index (χ1v) is 6.87. The minimum atomic E-state index is -0.734. The lowest BCUT2D eigenvalue weighted by Gasteiger charge is -2.35. The Kier molecular flexibility index (Phi) is 2.96. The first-order valence-electron chi connectivity index (χ1n) is 6.87. The zero-order chi connectivity index (χ0) is 15.2. The summed E-state index contributed by atoms with van der Waals surface area (Å²) >= 11 is 0. The molecule has 2 N–H and O–H groups in total. The molecule has 3 rings (SSSR count). The Balaban J connectivity index is 1.83. The molecule has 21 heavy (non-hydrogen) atoms. The predicted molar refractivity (Wildman–Crippen MR) is 76.1 cm³/mol. The molecule has 0 unspecified atom stereocenters. The molecule has 0 radical (unpaired) electrons. The van der Waals surface area contributed by atoms with Crippen molar-refractivity contribution in [2.75, 3.05) is 12.3 Å². The second-order valence-corrected chi connectivity index (χ2v) is 5.81. The number of fused-ring (bicyclic) bond motifs is 1. The Bertz CT molecular complexity index is 685. The quantitative estimate of drug-likeness (QED) is 0.848. The molecular weight excluding hydrogens is 270 g/mol. The van der Waals surface area contributed by atoms with Crippen molar-refractivity contribution in [1.82, 2.24) is 29.2 Å². The molecule has 3 heterocycles. The molecule has 8 heteroatoms. The number of aryl methyl sites for hydroxylation is 1. The van der Waals surface area contributed by atoms with Gasteiger partial charge in [0.05, 0.1) is 12.9 Å². The van der Waals surface area contributed by atoms with Gasteiger partial charge in [-0.25, -0.2) is 4.98 Å². The Labute approximate surface area is 122 Å². The molecule has 0 spiro atoms. The molecule has 0 bridgehead atoms. The Hall–Kier alpha value is -2.38. The summed E-state index contributed by atoms with van der Waals surface area (Å²) in [5.41, 5.74) is 4.91. The number of rotatable bonds is 2. The zero-order valence-corrected chi connectivity index (χ0v) is 12.4. The number of nitrogen functional groups attached to an aromatic ring is 1. The van der Waals surface area contributed by atoms with Crippen molar-refractivity contribution in [2.24, 2.45) is 0 Å². The molecule has 112 valence electrons. The highest BCUT2D eigenvalue weighted by molar-refractivity contribution is 5.83. The molecule has 0 aliphatic carbocycles. The van der Waals surface area contributed by atoms with Crippen molar-refractivity contribution in [3.8, 4) is 0 Å². The highest BCUT2D eigenvalue weighted by Gasteiger charge is 2.35. The molecule has 1 aliphatic rings. The van der Waals surface area contributed by atoms with E-state index in [4.69, 9.17) is 5.73 Å². The topological polar surface area (TPSA) is 94.9 Å². The fourth-order valence-electron chi connectivity index (χ4n) is 2.62. The van der Waals surface area contributed by atoms with Gasteiger partial charge in [0.1, 0.15) is 17.2 Å². The van der Waals surface area contributed by atoms with Gasteiger partial charge in [-0.15, -0.1) is 10.2 Å². The highest BCUT2D eigenvalue weighted by Crippen LogP contribution is 2.22. The van der Waals surface area contributed by atoms with Gasteiger partial charge < -0.3 is 19.8 Å². The fraction of sp³-hybridized carbons (Fsp3) is 0.538. The fourth-order valence-corrected chi connectivity index (χ4v) is 2.62. The lowest BCUT2D eigenvalue weighted by molar-refractivity contribution is -0.140. The molecule has 2 aromatic heterocycles. The third kappa shape index (κ3) is 2.16. The van der Waals surface area contributed by atoms with E-state index in [0.717, 1.165) is 18.2 Å². The monoisotopic (exact) mass is 289 g/mol.